The van der Waals surface area contributed by atoms with Gasteiger partial charge in [0, 0.05) is 30.2 Å². The van der Waals surface area contributed by atoms with Crippen LogP contribution in [-0.4, -0.2) is 54.1 Å². The van der Waals surface area contributed by atoms with Crippen molar-refractivity contribution in [3.05, 3.63) is 0 Å². The first-order chi connectivity index (χ1) is 8.89. The Hall–Kier alpha value is -0.120. The topological polar surface area (TPSA) is 32.5 Å². The van der Waals surface area contributed by atoms with Crippen LogP contribution in [0.3, 0.4) is 0 Å². The van der Waals surface area contributed by atoms with Crippen molar-refractivity contribution >= 4 is 0 Å². The van der Waals surface area contributed by atoms with Crippen molar-refractivity contribution in [1.29, 1.82) is 0 Å². The van der Waals surface area contributed by atoms with Crippen molar-refractivity contribution in [2.24, 2.45) is 11.7 Å². The van der Waals surface area contributed by atoms with E-state index < -0.39 is 0 Å². The van der Waals surface area contributed by atoms with E-state index in [0.29, 0.717) is 6.04 Å². The van der Waals surface area contributed by atoms with Gasteiger partial charge in [0.25, 0.3) is 0 Å². The third-order valence-electron chi connectivity index (χ3n) is 5.82. The molecule has 0 aromatic rings. The lowest BCUT2D eigenvalue weighted by atomic mass is 9.80. The lowest BCUT2D eigenvalue weighted by Gasteiger charge is -2.52. The van der Waals surface area contributed by atoms with Gasteiger partial charge < -0.3 is 10.6 Å². The lowest BCUT2D eigenvalue weighted by molar-refractivity contribution is -0.00777. The molecule has 0 aromatic carbocycles. The number of hydrogen-bond donors (Lipinski definition) is 1. The Morgan fingerprint density at radius 1 is 1.21 bits per heavy atom. The molecule has 2 heterocycles. The predicted molar refractivity (Wildman–Crippen MR) is 82.3 cm³/mol. The van der Waals surface area contributed by atoms with Crippen LogP contribution in [0.4, 0.5) is 0 Å². The molecule has 0 saturated carbocycles. The number of hydrogen-bond acceptors (Lipinski definition) is 3. The SMILES string of the molecule is CC(C)CC(C)N(C)C1(CN)CC2CCC(C1)N2C. The van der Waals surface area contributed by atoms with Gasteiger partial charge in [0.2, 0.25) is 0 Å². The summed E-state index contributed by atoms with van der Waals surface area (Å²) in [5.41, 5.74) is 6.49. The van der Waals surface area contributed by atoms with Gasteiger partial charge in [-0.05, 0) is 59.0 Å². The van der Waals surface area contributed by atoms with Crippen molar-refractivity contribution in [3.63, 3.8) is 0 Å². The predicted octanol–water partition coefficient (Wildman–Crippen LogP) is 2.31. The second kappa shape index (κ2) is 5.71. The van der Waals surface area contributed by atoms with Crippen molar-refractivity contribution in [2.75, 3.05) is 20.6 Å². The summed E-state index contributed by atoms with van der Waals surface area (Å²) in [5, 5.41) is 0. The molecule has 19 heavy (non-hydrogen) atoms. The first-order valence-electron chi connectivity index (χ1n) is 8.04. The van der Waals surface area contributed by atoms with E-state index in [0.717, 1.165) is 24.5 Å². The minimum Gasteiger partial charge on any atom is -0.329 e. The van der Waals surface area contributed by atoms with Crippen LogP contribution in [0.2, 0.25) is 0 Å². The maximum Gasteiger partial charge on any atom is 0.0361 e. The van der Waals surface area contributed by atoms with Crippen LogP contribution in [0.15, 0.2) is 0 Å². The fourth-order valence-electron chi connectivity index (χ4n) is 4.45. The van der Waals surface area contributed by atoms with E-state index in [9.17, 15) is 0 Å². The first-order valence-corrected chi connectivity index (χ1v) is 8.04. The van der Waals surface area contributed by atoms with Gasteiger partial charge in [-0.3, -0.25) is 4.90 Å². The van der Waals surface area contributed by atoms with Gasteiger partial charge in [0.15, 0.2) is 0 Å². The Morgan fingerprint density at radius 3 is 2.16 bits per heavy atom. The van der Waals surface area contributed by atoms with Crippen molar-refractivity contribution in [1.82, 2.24) is 9.80 Å². The minimum absolute atomic E-state index is 0.243. The lowest BCUT2D eigenvalue weighted by Crippen LogP contribution is -2.62. The van der Waals surface area contributed by atoms with Gasteiger partial charge in [0.05, 0.1) is 0 Å². The molecule has 2 rings (SSSR count). The Balaban J connectivity index is 2.10. The van der Waals surface area contributed by atoms with Crippen LogP contribution >= 0.6 is 0 Å². The second-order valence-electron chi connectivity index (χ2n) is 7.48. The van der Waals surface area contributed by atoms with Crippen LogP contribution < -0.4 is 5.73 Å². The van der Waals surface area contributed by atoms with E-state index in [2.05, 4.69) is 44.7 Å². The number of likely N-dealkylation sites (N-methyl/N-ethyl adjacent to an activating group) is 1. The van der Waals surface area contributed by atoms with E-state index in [1.165, 1.54) is 32.1 Å². The average molecular weight is 267 g/mol. The molecule has 3 atom stereocenters. The summed E-state index contributed by atoms with van der Waals surface area (Å²) in [6, 6.07) is 2.15. The van der Waals surface area contributed by atoms with Crippen molar-refractivity contribution in [2.45, 2.75) is 76.5 Å². The minimum atomic E-state index is 0.243. The summed E-state index contributed by atoms with van der Waals surface area (Å²) in [6.07, 6.45) is 6.53. The molecule has 0 spiro atoms. The quantitative estimate of drug-likeness (QED) is 0.829. The fourth-order valence-corrected chi connectivity index (χ4v) is 4.45. The molecule has 2 saturated heterocycles. The summed E-state index contributed by atoms with van der Waals surface area (Å²) in [5.74, 6) is 0.760. The molecule has 2 fully saturated rings. The van der Waals surface area contributed by atoms with Crippen LogP contribution in [0.5, 0.6) is 0 Å². The summed E-state index contributed by atoms with van der Waals surface area (Å²) in [6.45, 7) is 7.82. The second-order valence-corrected chi connectivity index (χ2v) is 7.48. The molecule has 0 radical (unpaired) electrons. The molecule has 0 aromatic heterocycles. The first kappa shape index (κ1) is 15.3. The molecule has 3 heteroatoms. The highest BCUT2D eigenvalue weighted by atomic mass is 15.3. The molecule has 112 valence electrons. The maximum absolute atomic E-state index is 6.25. The third-order valence-corrected chi connectivity index (χ3v) is 5.82. The molecule has 2 N–H and O–H groups in total. The molecule has 0 amide bonds. The Bertz CT molecular complexity index is 288. The van der Waals surface area contributed by atoms with Gasteiger partial charge in [-0.25, -0.2) is 0 Å². The van der Waals surface area contributed by atoms with Gasteiger partial charge in [-0.15, -0.1) is 0 Å². The molecule has 3 unspecified atom stereocenters. The van der Waals surface area contributed by atoms with Gasteiger partial charge in [-0.2, -0.15) is 0 Å². The zero-order valence-electron chi connectivity index (χ0n) is 13.5. The largest absolute Gasteiger partial charge is 0.329 e. The van der Waals surface area contributed by atoms with Crippen molar-refractivity contribution in [3.8, 4) is 0 Å². The summed E-state index contributed by atoms with van der Waals surface area (Å²) in [4.78, 5) is 5.22. The van der Waals surface area contributed by atoms with Crippen molar-refractivity contribution < 1.29 is 0 Å². The number of nitrogens with zero attached hydrogens (tertiary/aromatic N) is 2. The number of nitrogens with two attached hydrogens (primary N) is 1. The van der Waals surface area contributed by atoms with Crippen LogP contribution in [0.1, 0.15) is 52.9 Å². The Labute approximate surface area is 119 Å². The molecular formula is C16H33N3. The molecular weight excluding hydrogens is 234 g/mol. The van der Waals surface area contributed by atoms with E-state index in [1.807, 2.05) is 0 Å². The highest BCUT2D eigenvalue weighted by Crippen LogP contribution is 2.42. The van der Waals surface area contributed by atoms with Gasteiger partial charge >= 0.3 is 0 Å². The highest BCUT2D eigenvalue weighted by Gasteiger charge is 2.48. The number of rotatable bonds is 5. The molecule has 3 nitrogen and oxygen atoms in total. The molecule has 2 bridgehead atoms. The van der Waals surface area contributed by atoms with E-state index in [4.69, 9.17) is 5.73 Å². The normalized spacial score (nSPS) is 37.3. The highest BCUT2D eigenvalue weighted by molar-refractivity contribution is 5.06. The number of fused-ring (bicyclic) bond motifs is 2. The van der Waals surface area contributed by atoms with E-state index in [-0.39, 0.29) is 5.54 Å². The van der Waals surface area contributed by atoms with Gasteiger partial charge in [-0.1, -0.05) is 13.8 Å². The number of piperidine rings is 1. The standard InChI is InChI=1S/C16H33N3/c1-12(2)8-13(3)19(5)16(11-17)9-14-6-7-15(10-16)18(14)4/h12-15H,6-11,17H2,1-5H3. The molecule has 0 aliphatic carbocycles. The zero-order valence-corrected chi connectivity index (χ0v) is 13.5. The zero-order chi connectivity index (χ0) is 14.2. The summed E-state index contributed by atoms with van der Waals surface area (Å²) < 4.78 is 0. The van der Waals surface area contributed by atoms with E-state index in [1.54, 1.807) is 0 Å². The van der Waals surface area contributed by atoms with Crippen LogP contribution in [0, 0.1) is 5.92 Å². The summed E-state index contributed by atoms with van der Waals surface area (Å²) >= 11 is 0. The Kier molecular flexibility index (Phi) is 4.59. The van der Waals surface area contributed by atoms with Gasteiger partial charge in [0.1, 0.15) is 0 Å². The van der Waals surface area contributed by atoms with E-state index >= 15 is 0 Å². The average Bonchev–Trinajstić information content (AvgIpc) is 2.60. The maximum atomic E-state index is 6.25. The van der Waals surface area contributed by atoms with Crippen LogP contribution in [0.25, 0.3) is 0 Å². The third kappa shape index (κ3) is 2.84. The smallest absolute Gasteiger partial charge is 0.0361 e. The molecule has 2 aliphatic rings. The fraction of sp³-hybridized carbons (Fsp3) is 1.00. The van der Waals surface area contributed by atoms with Crippen LogP contribution in [-0.2, 0) is 0 Å². The molecule has 2 aliphatic heterocycles. The monoisotopic (exact) mass is 267 g/mol. The Morgan fingerprint density at radius 2 is 1.74 bits per heavy atom. The summed E-state index contributed by atoms with van der Waals surface area (Å²) in [7, 11) is 4.62.